The first-order valence-corrected chi connectivity index (χ1v) is 20.7. The number of halogens is 7. The van der Waals surface area contributed by atoms with Crippen LogP contribution in [0.3, 0.4) is 0 Å². The molecule has 3 aliphatic rings. The van der Waals surface area contributed by atoms with Crippen molar-refractivity contribution in [3.63, 3.8) is 0 Å². The van der Waals surface area contributed by atoms with E-state index in [1.54, 1.807) is 15.9 Å². The molecule has 0 unspecified atom stereocenters. The van der Waals surface area contributed by atoms with Gasteiger partial charge in [-0.1, -0.05) is 37.9 Å². The first-order valence-electron chi connectivity index (χ1n) is 19.4. The average Bonchev–Trinajstić information content (AvgIpc) is 3.71. The van der Waals surface area contributed by atoms with E-state index in [0.717, 1.165) is 22.6 Å². The van der Waals surface area contributed by atoms with Gasteiger partial charge in [-0.3, -0.25) is 24.2 Å². The third-order valence-electron chi connectivity index (χ3n) is 10.1. The monoisotopic (exact) mass is 900 g/mol. The highest BCUT2D eigenvalue weighted by atomic mass is 35.5. The molecule has 6 rings (SSSR count). The topological polar surface area (TPSA) is 131 Å². The van der Waals surface area contributed by atoms with Crippen LogP contribution in [0.25, 0.3) is 0 Å². The molecule has 10 nitrogen and oxygen atoms in total. The van der Waals surface area contributed by atoms with Gasteiger partial charge in [0, 0.05) is 67.9 Å². The van der Waals surface area contributed by atoms with Crippen LogP contribution in [-0.4, -0.2) is 85.8 Å². The summed E-state index contributed by atoms with van der Waals surface area (Å²) in [6, 6.07) is 7.94. The number of terminal acetylenes is 1. The lowest BCUT2D eigenvalue weighted by atomic mass is 9.84. The van der Waals surface area contributed by atoms with Gasteiger partial charge in [0.1, 0.15) is 16.3 Å². The van der Waals surface area contributed by atoms with E-state index in [0.29, 0.717) is 107 Å². The van der Waals surface area contributed by atoms with Crippen molar-refractivity contribution in [3.8, 4) is 18.6 Å². The zero-order chi connectivity index (χ0) is 46.1. The number of piperidine rings is 2. The number of hydrogen-bond donors (Lipinski definition) is 2. The molecule has 2 aromatic heterocycles. The van der Waals surface area contributed by atoms with Crippen LogP contribution in [0, 0.1) is 24.7 Å². The summed E-state index contributed by atoms with van der Waals surface area (Å²) in [5.74, 6) is -2.45. The van der Waals surface area contributed by atoms with Crippen molar-refractivity contribution >= 4 is 46.6 Å². The summed E-state index contributed by atoms with van der Waals surface area (Å²) in [6.07, 6.45) is 4.98. The molecule has 5 heterocycles. The van der Waals surface area contributed by atoms with Crippen LogP contribution in [-0.2, 0) is 39.7 Å². The number of thiophene rings is 1. The lowest BCUT2D eigenvalue weighted by Gasteiger charge is -2.43. The predicted octanol–water partition coefficient (Wildman–Crippen LogP) is 9.60. The maximum atomic E-state index is 13.6. The van der Waals surface area contributed by atoms with Crippen molar-refractivity contribution in [2.24, 2.45) is 11.8 Å². The number of rotatable bonds is 6. The second-order valence-electron chi connectivity index (χ2n) is 13.9. The number of alkyl halides is 6. The van der Waals surface area contributed by atoms with Crippen LogP contribution in [0.4, 0.5) is 26.3 Å². The van der Waals surface area contributed by atoms with Crippen molar-refractivity contribution in [2.45, 2.75) is 90.2 Å². The summed E-state index contributed by atoms with van der Waals surface area (Å²) in [6.45, 7) is 12.3. The molecule has 2 fully saturated rings. The summed E-state index contributed by atoms with van der Waals surface area (Å²) in [5, 5.41) is 19.0. The summed E-state index contributed by atoms with van der Waals surface area (Å²) in [5.41, 5.74) is 0.517. The van der Waals surface area contributed by atoms with Crippen molar-refractivity contribution in [1.29, 1.82) is 0 Å². The average molecular weight is 901 g/mol. The van der Waals surface area contributed by atoms with Gasteiger partial charge >= 0.3 is 18.3 Å². The predicted molar refractivity (Wildman–Crippen MR) is 222 cm³/mol. The van der Waals surface area contributed by atoms with Crippen LogP contribution in [0.1, 0.15) is 90.8 Å². The van der Waals surface area contributed by atoms with Crippen molar-refractivity contribution in [3.05, 3.63) is 93.4 Å². The molecule has 0 spiro atoms. The van der Waals surface area contributed by atoms with E-state index in [2.05, 4.69) is 31.0 Å². The summed E-state index contributed by atoms with van der Waals surface area (Å²) in [7, 11) is 0. The van der Waals surface area contributed by atoms with E-state index < -0.39 is 52.3 Å². The zero-order valence-corrected chi connectivity index (χ0v) is 35.6. The van der Waals surface area contributed by atoms with Crippen molar-refractivity contribution in [2.75, 3.05) is 26.2 Å². The molecule has 18 heteroatoms. The third kappa shape index (κ3) is 14.8. The molecule has 61 heavy (non-hydrogen) atoms. The molecule has 2 atom stereocenters. The van der Waals surface area contributed by atoms with E-state index in [9.17, 15) is 45.5 Å². The highest BCUT2D eigenvalue weighted by Crippen LogP contribution is 2.37. The second-order valence-corrected chi connectivity index (χ2v) is 15.3. The normalized spacial score (nSPS) is 17.6. The number of likely N-dealkylation sites (tertiary alicyclic amines) is 2. The van der Waals surface area contributed by atoms with Crippen LogP contribution in [0.15, 0.2) is 61.1 Å². The molecule has 3 aromatic rings. The van der Waals surface area contributed by atoms with Gasteiger partial charge in [0.15, 0.2) is 0 Å². The second kappa shape index (κ2) is 24.4. The summed E-state index contributed by atoms with van der Waals surface area (Å²) >= 11 is 6.57. The number of pyridine rings is 1. The summed E-state index contributed by atoms with van der Waals surface area (Å²) in [4.78, 5) is 56.8. The Bertz CT molecular complexity index is 1930. The Labute approximate surface area is 361 Å². The molecule has 0 bridgehead atoms. The fourth-order valence-electron chi connectivity index (χ4n) is 7.21. The maximum Gasteiger partial charge on any atom is 0.425 e. The molecule has 0 radical (unpaired) electrons. The number of carbonyl (C=O) groups is 4. The number of carboxylic acids is 1. The molecule has 0 saturated carbocycles. The van der Waals surface area contributed by atoms with Gasteiger partial charge in [-0.25, -0.2) is 0 Å². The number of aromatic hydroxyl groups is 1. The van der Waals surface area contributed by atoms with Gasteiger partial charge in [-0.05, 0) is 73.9 Å². The standard InChI is InChI=1S/C25H27ClF3N3O2.C9H15NO3.C5H3F3OS.C2H4.C2H2/c1-2-5-21-19(23(33)31-13-10-16-14-18(26)9-8-17(16)15-31)6-4-12-32(21)24(34)22-20(25(27,28)29)7-3-11-30-22;1-2-8(11)10-5-3-7(4-6-10)9(12)13;6-5(7,8)4-1-3(9)2-10-4;2*1-2/h3,7-9,11,14,19,21H,2,4-6,10,12-13,15H2,1H3;7H,2-6H2,1H3,(H,12,13);1-2,9H;1-2H2;1-2H/t19-,21-;;;;/m1..../s1. The third-order valence-corrected chi connectivity index (χ3v) is 11.3. The Morgan fingerprint density at radius 3 is 2.10 bits per heavy atom. The first-order chi connectivity index (χ1) is 28.8. The van der Waals surface area contributed by atoms with E-state index in [4.69, 9.17) is 21.8 Å². The fourth-order valence-corrected chi connectivity index (χ4v) is 8.04. The Morgan fingerprint density at radius 1 is 0.918 bits per heavy atom. The van der Waals surface area contributed by atoms with Crippen LogP contribution in [0.2, 0.25) is 5.02 Å². The molecule has 1 aromatic carbocycles. The number of aromatic nitrogens is 1. The Morgan fingerprint density at radius 2 is 1.57 bits per heavy atom. The van der Waals surface area contributed by atoms with Crippen molar-refractivity contribution in [1.82, 2.24) is 19.7 Å². The first kappa shape index (κ1) is 52.1. The quantitative estimate of drug-likeness (QED) is 0.143. The van der Waals surface area contributed by atoms with Gasteiger partial charge < -0.3 is 24.9 Å². The number of benzene rings is 1. The van der Waals surface area contributed by atoms with E-state index in [1.807, 2.05) is 26.0 Å². The van der Waals surface area contributed by atoms with Gasteiger partial charge in [0.05, 0.1) is 17.4 Å². The highest BCUT2D eigenvalue weighted by molar-refractivity contribution is 7.10. The minimum absolute atomic E-state index is 0.0476. The molecule has 3 amide bonds. The number of fused-ring (bicyclic) bond motifs is 1. The maximum absolute atomic E-state index is 13.6. The largest absolute Gasteiger partial charge is 0.507 e. The molecular weight excluding hydrogens is 850 g/mol. The number of carbonyl (C=O) groups excluding carboxylic acids is 3. The molecular formula is C43H51ClF6N4O6S. The molecule has 0 aliphatic carbocycles. The van der Waals surface area contributed by atoms with Crippen LogP contribution in [0.5, 0.6) is 5.75 Å². The van der Waals surface area contributed by atoms with Gasteiger partial charge in [0.25, 0.3) is 5.91 Å². The smallest absolute Gasteiger partial charge is 0.425 e. The molecule has 2 N–H and O–H groups in total. The summed E-state index contributed by atoms with van der Waals surface area (Å²) < 4.78 is 75.7. The van der Waals surface area contributed by atoms with Gasteiger partial charge in [-0.2, -0.15) is 26.3 Å². The lowest BCUT2D eigenvalue weighted by Crippen LogP contribution is -2.54. The van der Waals surface area contributed by atoms with Gasteiger partial charge in [-0.15, -0.1) is 37.3 Å². The van der Waals surface area contributed by atoms with E-state index in [-0.39, 0.29) is 23.5 Å². The Balaban J connectivity index is 0.000000387. The molecule has 3 aliphatic heterocycles. The van der Waals surface area contributed by atoms with Crippen molar-refractivity contribution < 1.29 is 55.7 Å². The number of hydrogen-bond acceptors (Lipinski definition) is 7. The van der Waals surface area contributed by atoms with Gasteiger partial charge in [0.2, 0.25) is 11.8 Å². The highest BCUT2D eigenvalue weighted by Gasteiger charge is 2.43. The number of nitrogens with zero attached hydrogens (tertiary/aromatic N) is 4. The number of carboxylic acid groups (broad SMARTS) is 1. The van der Waals surface area contributed by atoms with E-state index in [1.165, 1.54) is 17.2 Å². The van der Waals surface area contributed by atoms with Crippen LogP contribution < -0.4 is 0 Å². The van der Waals surface area contributed by atoms with E-state index >= 15 is 0 Å². The SMILES string of the molecule is C#C.C=C.CCC(=O)N1CCC(C(=O)O)CC1.CCC[C@@H]1[C@H](C(=O)N2CCc3cc(Cl)ccc3C2)CCCN1C(=O)c1ncccc1C(F)(F)F.Oc1csc(C(F)(F)F)c1. The minimum atomic E-state index is -4.69. The Kier molecular flexibility index (Phi) is 20.8. The minimum Gasteiger partial charge on any atom is -0.507 e. The molecule has 2 saturated heterocycles. The fraction of sp³-hybridized carbons (Fsp3) is 0.465. The van der Waals surface area contributed by atoms with Crippen LogP contribution >= 0.6 is 22.9 Å². The Hall–Kier alpha value is -5.08. The number of aliphatic carboxylic acids is 1. The lowest BCUT2D eigenvalue weighted by molar-refractivity contribution is -0.145. The molecule has 334 valence electrons. The zero-order valence-electron chi connectivity index (χ0n) is 34.0. The number of amides is 3.